The van der Waals surface area contributed by atoms with Crippen molar-refractivity contribution in [3.8, 4) is 6.07 Å². The van der Waals surface area contributed by atoms with Gasteiger partial charge in [0.05, 0.1) is 27.1 Å². The van der Waals surface area contributed by atoms with Gasteiger partial charge in [-0.25, -0.2) is 12.8 Å². The molecule has 4 rings (SSSR count). The average molecular weight is 478 g/mol. The summed E-state index contributed by atoms with van der Waals surface area (Å²) in [6.07, 6.45) is 2.12. The van der Waals surface area contributed by atoms with Crippen molar-refractivity contribution >= 4 is 15.5 Å². The Balaban J connectivity index is 1.67. The fraction of sp³-hybridized carbons (Fsp3) is 0.296. The summed E-state index contributed by atoms with van der Waals surface area (Å²) in [5.74, 6) is -0.459. The molecule has 0 N–H and O–H groups in total. The van der Waals surface area contributed by atoms with Crippen LogP contribution in [0.15, 0.2) is 64.4 Å². The van der Waals surface area contributed by atoms with Gasteiger partial charge < -0.3 is 9.80 Å². The predicted molar refractivity (Wildman–Crippen MR) is 131 cm³/mol. The SMILES string of the molecule is CN1CCc2cc(N(C)C)c(S(=O)(=O)c3ccc(Cc4cc(F)cc(C#N)c4)cc3)cc2CC1. The topological polar surface area (TPSA) is 64.4 Å². The molecule has 34 heavy (non-hydrogen) atoms. The first-order valence-electron chi connectivity index (χ1n) is 11.2. The molecule has 7 heteroatoms. The summed E-state index contributed by atoms with van der Waals surface area (Å²) in [6, 6.07) is 16.8. The molecule has 0 aliphatic carbocycles. The van der Waals surface area contributed by atoms with Gasteiger partial charge in [-0.2, -0.15) is 5.26 Å². The molecule has 0 fully saturated rings. The maximum atomic E-state index is 13.8. The highest BCUT2D eigenvalue weighted by Crippen LogP contribution is 2.34. The van der Waals surface area contributed by atoms with Gasteiger partial charge in [0, 0.05) is 27.2 Å². The van der Waals surface area contributed by atoms with Gasteiger partial charge in [-0.3, -0.25) is 0 Å². The average Bonchev–Trinajstić information content (AvgIpc) is 2.99. The lowest BCUT2D eigenvalue weighted by Crippen LogP contribution is -2.20. The summed E-state index contributed by atoms with van der Waals surface area (Å²) >= 11 is 0. The van der Waals surface area contributed by atoms with Crippen LogP contribution in [0.3, 0.4) is 0 Å². The fourth-order valence-corrected chi connectivity index (χ4v) is 5.95. The Bertz CT molecular complexity index is 1360. The summed E-state index contributed by atoms with van der Waals surface area (Å²) < 4.78 is 41.1. The summed E-state index contributed by atoms with van der Waals surface area (Å²) in [5, 5.41) is 9.06. The predicted octanol–water partition coefficient (Wildman–Crippen LogP) is 4.22. The van der Waals surface area contributed by atoms with E-state index in [9.17, 15) is 12.8 Å². The van der Waals surface area contributed by atoms with Crippen molar-refractivity contribution in [2.24, 2.45) is 0 Å². The van der Waals surface area contributed by atoms with E-state index in [-0.39, 0.29) is 10.5 Å². The quantitative estimate of drug-likeness (QED) is 0.551. The third-order valence-corrected chi connectivity index (χ3v) is 8.11. The van der Waals surface area contributed by atoms with Crippen LogP contribution in [0.5, 0.6) is 0 Å². The van der Waals surface area contributed by atoms with E-state index in [0.29, 0.717) is 22.6 Å². The van der Waals surface area contributed by atoms with E-state index >= 15 is 0 Å². The van der Waals surface area contributed by atoms with E-state index in [1.165, 1.54) is 17.7 Å². The minimum Gasteiger partial charge on any atom is -0.377 e. The van der Waals surface area contributed by atoms with Gasteiger partial charge in [-0.05, 0) is 91.0 Å². The summed E-state index contributed by atoms with van der Waals surface area (Å²) in [7, 11) is 2.07. The first-order chi connectivity index (χ1) is 16.2. The second-order valence-corrected chi connectivity index (χ2v) is 11.0. The zero-order chi connectivity index (χ0) is 24.5. The largest absolute Gasteiger partial charge is 0.377 e. The first-order valence-corrected chi connectivity index (χ1v) is 12.7. The second kappa shape index (κ2) is 9.57. The molecule has 0 atom stereocenters. The van der Waals surface area contributed by atoms with Crippen LogP contribution in [0, 0.1) is 17.1 Å². The van der Waals surface area contributed by atoms with Crippen LogP contribution in [0.25, 0.3) is 0 Å². The Hall–Kier alpha value is -3.21. The number of sulfone groups is 1. The fourth-order valence-electron chi connectivity index (χ4n) is 4.38. The van der Waals surface area contributed by atoms with E-state index in [4.69, 9.17) is 5.26 Å². The molecule has 176 valence electrons. The zero-order valence-electron chi connectivity index (χ0n) is 19.7. The summed E-state index contributed by atoms with van der Waals surface area (Å²) in [4.78, 5) is 4.66. The Kier molecular flexibility index (Phi) is 6.74. The minimum absolute atomic E-state index is 0.224. The van der Waals surface area contributed by atoms with Gasteiger partial charge in [0.1, 0.15) is 5.82 Å². The Labute approximate surface area is 201 Å². The van der Waals surface area contributed by atoms with Gasteiger partial charge in [0.15, 0.2) is 0 Å². The van der Waals surface area contributed by atoms with Crippen LogP contribution >= 0.6 is 0 Å². The highest BCUT2D eigenvalue weighted by Gasteiger charge is 2.25. The van der Waals surface area contributed by atoms with Crippen molar-refractivity contribution in [1.82, 2.24) is 4.90 Å². The smallest absolute Gasteiger partial charge is 0.208 e. The van der Waals surface area contributed by atoms with Gasteiger partial charge in [0.25, 0.3) is 0 Å². The molecule has 0 unspecified atom stereocenters. The normalized spacial score (nSPS) is 14.2. The molecule has 0 saturated heterocycles. The van der Waals surface area contributed by atoms with Crippen LogP contribution < -0.4 is 4.90 Å². The maximum absolute atomic E-state index is 13.8. The zero-order valence-corrected chi connectivity index (χ0v) is 20.5. The third-order valence-electron chi connectivity index (χ3n) is 6.31. The number of halogens is 1. The van der Waals surface area contributed by atoms with Gasteiger partial charge in [0.2, 0.25) is 9.84 Å². The molecule has 3 aromatic carbocycles. The monoisotopic (exact) mass is 477 g/mol. The molecule has 0 amide bonds. The van der Waals surface area contributed by atoms with Gasteiger partial charge in [-0.15, -0.1) is 0 Å². The highest BCUT2D eigenvalue weighted by atomic mass is 32.2. The standard InChI is InChI=1S/C27H28FN3O2S/c1-30(2)26-16-22-8-10-31(3)11-9-23(22)17-27(26)34(32,33)25-6-4-19(5-7-25)12-20-13-21(18-29)15-24(28)14-20/h4-7,13-17H,8-12H2,1-3H3. The van der Waals surface area contributed by atoms with E-state index in [1.807, 2.05) is 37.2 Å². The third kappa shape index (κ3) is 4.98. The second-order valence-electron chi connectivity index (χ2n) is 9.07. The molecule has 0 aromatic heterocycles. The van der Waals surface area contributed by atoms with E-state index in [2.05, 4.69) is 11.9 Å². The Morgan fingerprint density at radius 2 is 1.62 bits per heavy atom. The van der Waals surface area contributed by atoms with E-state index in [1.54, 1.807) is 30.3 Å². The summed E-state index contributed by atoms with van der Waals surface area (Å²) in [5.41, 5.74) is 4.75. The van der Waals surface area contributed by atoms with Crippen LogP contribution in [0.1, 0.15) is 27.8 Å². The van der Waals surface area contributed by atoms with Crippen LogP contribution in [0.2, 0.25) is 0 Å². The Morgan fingerprint density at radius 3 is 2.24 bits per heavy atom. The van der Waals surface area contributed by atoms with Crippen molar-refractivity contribution in [2.45, 2.75) is 29.1 Å². The Morgan fingerprint density at radius 1 is 0.971 bits per heavy atom. The van der Waals surface area contributed by atoms with Crippen LogP contribution in [-0.2, 0) is 29.1 Å². The molecule has 3 aromatic rings. The number of anilines is 1. The summed E-state index contributed by atoms with van der Waals surface area (Å²) in [6.45, 7) is 1.85. The number of nitrogens with zero attached hydrogens (tertiary/aromatic N) is 3. The van der Waals surface area contributed by atoms with E-state index < -0.39 is 15.7 Å². The van der Waals surface area contributed by atoms with Crippen molar-refractivity contribution in [3.63, 3.8) is 0 Å². The molecule has 0 spiro atoms. The number of rotatable bonds is 5. The molecule has 1 aliphatic heterocycles. The number of likely N-dealkylation sites (N-methyl/N-ethyl adjacent to an activating group) is 1. The number of hydrogen-bond donors (Lipinski definition) is 0. The van der Waals surface area contributed by atoms with E-state index in [0.717, 1.165) is 37.1 Å². The lowest BCUT2D eigenvalue weighted by molar-refractivity contribution is 0.352. The highest BCUT2D eigenvalue weighted by molar-refractivity contribution is 7.91. The molecule has 0 bridgehead atoms. The van der Waals surface area contributed by atoms with Crippen molar-refractivity contribution in [3.05, 3.63) is 88.2 Å². The van der Waals surface area contributed by atoms with Crippen LogP contribution in [-0.4, -0.2) is 47.6 Å². The first kappa shape index (κ1) is 23.9. The lowest BCUT2D eigenvalue weighted by atomic mass is 10.0. The molecule has 1 aliphatic rings. The molecule has 0 radical (unpaired) electrons. The molecule has 1 heterocycles. The lowest BCUT2D eigenvalue weighted by Gasteiger charge is -2.21. The molecular formula is C27H28FN3O2S. The minimum atomic E-state index is -3.74. The number of nitriles is 1. The molecule has 0 saturated carbocycles. The van der Waals surface area contributed by atoms with Crippen LogP contribution in [0.4, 0.5) is 10.1 Å². The number of fused-ring (bicyclic) bond motifs is 1. The van der Waals surface area contributed by atoms with Crippen molar-refractivity contribution in [2.75, 3.05) is 39.1 Å². The molecule has 5 nitrogen and oxygen atoms in total. The van der Waals surface area contributed by atoms with Gasteiger partial charge in [-0.1, -0.05) is 12.1 Å². The maximum Gasteiger partial charge on any atom is 0.208 e. The van der Waals surface area contributed by atoms with Gasteiger partial charge >= 0.3 is 0 Å². The van der Waals surface area contributed by atoms with Crippen molar-refractivity contribution in [1.29, 1.82) is 5.26 Å². The number of benzene rings is 3. The van der Waals surface area contributed by atoms with Crippen molar-refractivity contribution < 1.29 is 12.8 Å². The number of hydrogen-bond acceptors (Lipinski definition) is 5. The molecular weight excluding hydrogens is 449 g/mol.